The van der Waals surface area contributed by atoms with Crippen LogP contribution in [0.5, 0.6) is 5.75 Å². The summed E-state index contributed by atoms with van der Waals surface area (Å²) in [6.07, 6.45) is 3.57. The third-order valence-corrected chi connectivity index (χ3v) is 7.15. The van der Waals surface area contributed by atoms with Crippen LogP contribution in [-0.4, -0.2) is 57.3 Å². The summed E-state index contributed by atoms with van der Waals surface area (Å²) in [6.45, 7) is 5.52. The summed E-state index contributed by atoms with van der Waals surface area (Å²) in [5.41, 5.74) is 1.14. The maximum Gasteiger partial charge on any atom is 0.314 e. The number of methoxy groups -OCH3 is 1. The summed E-state index contributed by atoms with van der Waals surface area (Å²) in [4.78, 5) is 18.6. The van der Waals surface area contributed by atoms with Crippen molar-refractivity contribution in [1.82, 2.24) is 15.5 Å². The normalized spacial score (nSPS) is 20.3. The Kier molecular flexibility index (Phi) is 7.12. The van der Waals surface area contributed by atoms with E-state index in [-0.39, 0.29) is 12.1 Å². The molecule has 30 heavy (non-hydrogen) atoms. The monoisotopic (exact) mass is 428 g/mol. The number of anilines is 1. The van der Waals surface area contributed by atoms with Gasteiger partial charge in [-0.1, -0.05) is 18.2 Å². The Morgan fingerprint density at radius 3 is 2.77 bits per heavy atom. The Bertz CT molecular complexity index is 807. The number of para-hydroxylation sites is 2. The summed E-state index contributed by atoms with van der Waals surface area (Å²) in [5.74, 6) is 1.36. The minimum Gasteiger partial charge on any atom is -0.495 e. The molecule has 0 saturated carbocycles. The van der Waals surface area contributed by atoms with Crippen molar-refractivity contribution in [3.63, 3.8) is 0 Å². The molecule has 2 N–H and O–H groups in total. The van der Waals surface area contributed by atoms with Crippen LogP contribution in [-0.2, 0) is 0 Å². The van der Waals surface area contributed by atoms with E-state index < -0.39 is 0 Å². The number of benzene rings is 1. The summed E-state index contributed by atoms with van der Waals surface area (Å²) in [5, 5.41) is 8.32. The van der Waals surface area contributed by atoms with Gasteiger partial charge in [0.15, 0.2) is 0 Å². The lowest BCUT2D eigenvalue weighted by Gasteiger charge is -2.27. The first-order valence-corrected chi connectivity index (χ1v) is 11.8. The molecule has 4 rings (SSSR count). The van der Waals surface area contributed by atoms with Crippen molar-refractivity contribution < 1.29 is 9.53 Å². The molecule has 2 saturated heterocycles. The standard InChI is InChI=1S/C23H32N4O2S/c1-29-21-8-3-2-7-19(21)27-13-10-18(17-27)15-24-23(28)25-16-20(22-9-6-14-30-22)26-11-4-5-12-26/h2-3,6-9,14,18,20H,4-5,10-13,15-17H2,1H3,(H2,24,25,28). The number of nitrogens with zero attached hydrogens (tertiary/aromatic N) is 2. The van der Waals surface area contributed by atoms with Gasteiger partial charge in [0.25, 0.3) is 0 Å². The van der Waals surface area contributed by atoms with Crippen LogP contribution >= 0.6 is 11.3 Å². The molecule has 162 valence electrons. The first-order chi connectivity index (χ1) is 14.7. The Balaban J connectivity index is 1.24. The van der Waals surface area contributed by atoms with Crippen molar-refractivity contribution in [2.45, 2.75) is 25.3 Å². The molecule has 2 fully saturated rings. The second-order valence-electron chi connectivity index (χ2n) is 8.14. The zero-order valence-corrected chi connectivity index (χ0v) is 18.5. The summed E-state index contributed by atoms with van der Waals surface area (Å²) in [6, 6.07) is 12.6. The molecule has 1 aromatic carbocycles. The van der Waals surface area contributed by atoms with Gasteiger partial charge in [-0.05, 0) is 61.8 Å². The first kappa shape index (κ1) is 21.0. The van der Waals surface area contributed by atoms with E-state index in [2.05, 4.69) is 44.0 Å². The van der Waals surface area contributed by atoms with Crippen molar-refractivity contribution in [1.29, 1.82) is 0 Å². The number of ether oxygens (including phenoxy) is 1. The second-order valence-corrected chi connectivity index (χ2v) is 9.12. The van der Waals surface area contributed by atoms with Crippen LogP contribution in [0.4, 0.5) is 10.5 Å². The van der Waals surface area contributed by atoms with Crippen molar-refractivity contribution in [3.05, 3.63) is 46.7 Å². The van der Waals surface area contributed by atoms with Crippen LogP contribution in [0.2, 0.25) is 0 Å². The van der Waals surface area contributed by atoms with E-state index in [0.717, 1.165) is 44.0 Å². The highest BCUT2D eigenvalue weighted by Gasteiger charge is 2.26. The summed E-state index contributed by atoms with van der Waals surface area (Å²) < 4.78 is 5.49. The maximum absolute atomic E-state index is 12.5. The summed E-state index contributed by atoms with van der Waals surface area (Å²) in [7, 11) is 1.71. The lowest BCUT2D eigenvalue weighted by Crippen LogP contribution is -2.43. The molecule has 2 aliphatic rings. The minimum atomic E-state index is -0.0634. The number of carbonyl (C=O) groups is 1. The Hall–Kier alpha value is -2.25. The number of rotatable bonds is 8. The Labute approximate surface area is 183 Å². The minimum absolute atomic E-state index is 0.0634. The fourth-order valence-corrected chi connectivity index (χ4v) is 5.40. The van der Waals surface area contributed by atoms with Gasteiger partial charge < -0.3 is 20.3 Å². The highest BCUT2D eigenvalue weighted by atomic mass is 32.1. The van der Waals surface area contributed by atoms with E-state index in [1.54, 1.807) is 18.4 Å². The zero-order valence-electron chi connectivity index (χ0n) is 17.7. The maximum atomic E-state index is 12.5. The van der Waals surface area contributed by atoms with Crippen LogP contribution in [0, 0.1) is 5.92 Å². The predicted molar refractivity (Wildman–Crippen MR) is 123 cm³/mol. The van der Waals surface area contributed by atoms with Crippen molar-refractivity contribution in [3.8, 4) is 5.75 Å². The fraction of sp³-hybridized carbons (Fsp3) is 0.522. The molecule has 0 radical (unpaired) electrons. The molecule has 3 heterocycles. The smallest absolute Gasteiger partial charge is 0.314 e. The van der Waals surface area contributed by atoms with E-state index >= 15 is 0 Å². The molecule has 0 aliphatic carbocycles. The summed E-state index contributed by atoms with van der Waals surface area (Å²) >= 11 is 1.78. The van der Waals surface area contributed by atoms with E-state index in [1.807, 2.05) is 18.2 Å². The van der Waals surface area contributed by atoms with Crippen LogP contribution in [0.15, 0.2) is 41.8 Å². The number of carbonyl (C=O) groups excluding carboxylic acids is 1. The number of nitrogens with one attached hydrogen (secondary N) is 2. The highest BCUT2D eigenvalue weighted by Crippen LogP contribution is 2.32. The lowest BCUT2D eigenvalue weighted by molar-refractivity contribution is 0.221. The lowest BCUT2D eigenvalue weighted by atomic mass is 10.1. The molecule has 2 atom stereocenters. The van der Waals surface area contributed by atoms with Gasteiger partial charge in [0.05, 0.1) is 18.8 Å². The Morgan fingerprint density at radius 1 is 1.17 bits per heavy atom. The first-order valence-electron chi connectivity index (χ1n) is 10.9. The second kappa shape index (κ2) is 10.2. The average Bonchev–Trinajstić information content (AvgIpc) is 3.55. The number of urea groups is 1. The fourth-order valence-electron chi connectivity index (χ4n) is 4.54. The molecule has 0 bridgehead atoms. The van der Waals surface area contributed by atoms with Gasteiger partial charge >= 0.3 is 6.03 Å². The Morgan fingerprint density at radius 2 is 2.00 bits per heavy atom. The van der Waals surface area contributed by atoms with Crippen LogP contribution in [0.1, 0.15) is 30.2 Å². The molecular formula is C23H32N4O2S. The molecule has 2 amide bonds. The predicted octanol–water partition coefficient (Wildman–Crippen LogP) is 3.72. The number of thiophene rings is 1. The number of hydrogen-bond acceptors (Lipinski definition) is 5. The molecule has 7 heteroatoms. The van der Waals surface area contributed by atoms with Crippen molar-refractivity contribution in [2.24, 2.45) is 5.92 Å². The third kappa shape index (κ3) is 5.08. The largest absolute Gasteiger partial charge is 0.495 e. The molecule has 0 spiro atoms. The SMILES string of the molecule is COc1ccccc1N1CCC(CNC(=O)NCC(c2cccs2)N2CCCC2)C1. The van der Waals surface area contributed by atoms with Gasteiger partial charge in [0, 0.05) is 31.1 Å². The van der Waals surface area contributed by atoms with Crippen molar-refractivity contribution >= 4 is 23.1 Å². The quantitative estimate of drug-likeness (QED) is 0.673. The van der Waals surface area contributed by atoms with E-state index in [1.165, 1.54) is 17.7 Å². The van der Waals surface area contributed by atoms with E-state index in [4.69, 9.17) is 4.74 Å². The van der Waals surface area contributed by atoms with Crippen LogP contribution < -0.4 is 20.3 Å². The number of hydrogen-bond donors (Lipinski definition) is 2. The van der Waals surface area contributed by atoms with Crippen molar-refractivity contribution in [2.75, 3.05) is 51.3 Å². The molecule has 1 aromatic heterocycles. The van der Waals surface area contributed by atoms with E-state index in [0.29, 0.717) is 19.0 Å². The zero-order chi connectivity index (χ0) is 20.8. The van der Waals surface area contributed by atoms with Gasteiger partial charge in [-0.3, -0.25) is 4.90 Å². The molecule has 6 nitrogen and oxygen atoms in total. The van der Waals surface area contributed by atoms with Gasteiger partial charge in [-0.15, -0.1) is 11.3 Å². The molecule has 2 aliphatic heterocycles. The number of likely N-dealkylation sites (tertiary alicyclic amines) is 1. The van der Waals surface area contributed by atoms with E-state index in [9.17, 15) is 4.79 Å². The molecule has 2 unspecified atom stereocenters. The topological polar surface area (TPSA) is 56.8 Å². The van der Waals surface area contributed by atoms with Gasteiger partial charge in [0.1, 0.15) is 5.75 Å². The molecule has 2 aromatic rings. The van der Waals surface area contributed by atoms with Gasteiger partial charge in [0.2, 0.25) is 0 Å². The average molecular weight is 429 g/mol. The van der Waals surface area contributed by atoms with Gasteiger partial charge in [-0.2, -0.15) is 0 Å². The third-order valence-electron chi connectivity index (χ3n) is 6.17. The van der Waals surface area contributed by atoms with Crippen LogP contribution in [0.25, 0.3) is 0 Å². The van der Waals surface area contributed by atoms with Gasteiger partial charge in [-0.25, -0.2) is 4.79 Å². The van der Waals surface area contributed by atoms with Crippen LogP contribution in [0.3, 0.4) is 0 Å². The molecular weight excluding hydrogens is 396 g/mol. The highest BCUT2D eigenvalue weighted by molar-refractivity contribution is 7.10. The number of amides is 2.